The number of pyridine rings is 1. The highest BCUT2D eigenvalue weighted by Crippen LogP contribution is 2.16. The minimum absolute atomic E-state index is 0.406. The average Bonchev–Trinajstić information content (AvgIpc) is 2.46. The second-order valence-corrected chi connectivity index (χ2v) is 3.95. The van der Waals surface area contributed by atoms with E-state index in [-0.39, 0.29) is 0 Å². The van der Waals surface area contributed by atoms with Gasteiger partial charge in [-0.1, -0.05) is 12.1 Å². The summed E-state index contributed by atoms with van der Waals surface area (Å²) in [4.78, 5) is 4.01. The molecular formula is C15H15N3O. The molecule has 0 unspecified atom stereocenters. The van der Waals surface area contributed by atoms with Gasteiger partial charge in [0.2, 0.25) is 0 Å². The Morgan fingerprint density at radius 3 is 3.00 bits per heavy atom. The van der Waals surface area contributed by atoms with Gasteiger partial charge in [0, 0.05) is 12.7 Å². The lowest BCUT2D eigenvalue weighted by Gasteiger charge is -2.09. The number of anilines is 1. The van der Waals surface area contributed by atoms with Gasteiger partial charge in [-0.25, -0.2) is 4.98 Å². The van der Waals surface area contributed by atoms with E-state index in [4.69, 9.17) is 10.00 Å². The minimum Gasteiger partial charge on any atom is -0.494 e. The van der Waals surface area contributed by atoms with Gasteiger partial charge < -0.3 is 10.1 Å². The molecule has 0 fully saturated rings. The van der Waals surface area contributed by atoms with E-state index >= 15 is 0 Å². The Balaban J connectivity index is 2.06. The Morgan fingerprint density at radius 1 is 1.32 bits per heavy atom. The van der Waals surface area contributed by atoms with Gasteiger partial charge in [0.25, 0.3) is 0 Å². The van der Waals surface area contributed by atoms with Gasteiger partial charge in [-0.15, -0.1) is 0 Å². The van der Waals surface area contributed by atoms with E-state index in [2.05, 4.69) is 16.4 Å². The third kappa shape index (κ3) is 3.46. The third-order valence-electron chi connectivity index (χ3n) is 2.61. The first-order chi connectivity index (χ1) is 9.33. The van der Waals surface area contributed by atoms with Crippen LogP contribution in [0.4, 0.5) is 5.69 Å². The number of aromatic nitrogens is 1. The Morgan fingerprint density at radius 2 is 2.21 bits per heavy atom. The molecule has 0 aliphatic heterocycles. The van der Waals surface area contributed by atoms with Crippen LogP contribution in [-0.4, -0.2) is 11.6 Å². The summed E-state index contributed by atoms with van der Waals surface area (Å²) in [6.07, 6.45) is 1.61. The summed E-state index contributed by atoms with van der Waals surface area (Å²) in [5.74, 6) is 0.855. The number of rotatable bonds is 5. The summed E-state index contributed by atoms with van der Waals surface area (Å²) in [5, 5.41) is 12.2. The van der Waals surface area contributed by atoms with Crippen LogP contribution in [0.25, 0.3) is 0 Å². The molecule has 1 aromatic heterocycles. The first kappa shape index (κ1) is 12.9. The maximum atomic E-state index is 8.96. The van der Waals surface area contributed by atoms with Crippen molar-refractivity contribution >= 4 is 5.69 Å². The molecule has 1 heterocycles. The van der Waals surface area contributed by atoms with Crippen molar-refractivity contribution in [3.8, 4) is 11.8 Å². The number of hydrogen-bond donors (Lipinski definition) is 1. The molecule has 1 N–H and O–H groups in total. The molecule has 0 aliphatic rings. The van der Waals surface area contributed by atoms with Gasteiger partial charge in [0.05, 0.1) is 12.3 Å². The van der Waals surface area contributed by atoms with Crippen molar-refractivity contribution < 1.29 is 4.74 Å². The first-order valence-corrected chi connectivity index (χ1v) is 6.14. The zero-order valence-electron chi connectivity index (χ0n) is 10.8. The summed E-state index contributed by atoms with van der Waals surface area (Å²) in [5.41, 5.74) is 2.24. The van der Waals surface area contributed by atoms with E-state index in [0.717, 1.165) is 17.0 Å². The van der Waals surface area contributed by atoms with Crippen molar-refractivity contribution in [2.45, 2.75) is 13.5 Å². The van der Waals surface area contributed by atoms with E-state index < -0.39 is 0 Å². The monoisotopic (exact) mass is 253 g/mol. The van der Waals surface area contributed by atoms with E-state index in [1.165, 1.54) is 0 Å². The minimum atomic E-state index is 0.406. The van der Waals surface area contributed by atoms with Crippen LogP contribution in [0.5, 0.6) is 5.75 Å². The van der Waals surface area contributed by atoms with Crippen molar-refractivity contribution in [2.75, 3.05) is 11.9 Å². The van der Waals surface area contributed by atoms with Gasteiger partial charge in [0.15, 0.2) is 5.69 Å². The zero-order chi connectivity index (χ0) is 13.5. The number of hydrogen-bond acceptors (Lipinski definition) is 4. The fourth-order valence-corrected chi connectivity index (χ4v) is 1.75. The lowest BCUT2D eigenvalue weighted by atomic mass is 10.2. The summed E-state index contributed by atoms with van der Waals surface area (Å²) < 4.78 is 5.45. The molecule has 96 valence electrons. The Labute approximate surface area is 112 Å². The molecule has 19 heavy (non-hydrogen) atoms. The molecule has 0 spiro atoms. The van der Waals surface area contributed by atoms with Crippen LogP contribution in [0.3, 0.4) is 0 Å². The van der Waals surface area contributed by atoms with Gasteiger partial charge in [-0.05, 0) is 36.8 Å². The van der Waals surface area contributed by atoms with Crippen LogP contribution >= 0.6 is 0 Å². The molecular weight excluding hydrogens is 238 g/mol. The topological polar surface area (TPSA) is 57.9 Å². The largest absolute Gasteiger partial charge is 0.494 e. The van der Waals surface area contributed by atoms with Crippen molar-refractivity contribution in [2.24, 2.45) is 0 Å². The summed E-state index contributed by atoms with van der Waals surface area (Å²) in [6, 6.07) is 13.6. The fraction of sp³-hybridized carbons (Fsp3) is 0.200. The van der Waals surface area contributed by atoms with Crippen LogP contribution in [0.1, 0.15) is 18.2 Å². The number of benzene rings is 1. The normalized spacial score (nSPS) is 9.68. The summed E-state index contributed by atoms with van der Waals surface area (Å²) in [7, 11) is 0. The molecule has 4 heteroatoms. The van der Waals surface area contributed by atoms with E-state index in [1.807, 2.05) is 37.3 Å². The maximum Gasteiger partial charge on any atom is 0.163 e. The quantitative estimate of drug-likeness (QED) is 0.890. The predicted octanol–water partition coefficient (Wildman–Crippen LogP) is 2.96. The Kier molecular flexibility index (Phi) is 4.35. The Hall–Kier alpha value is -2.54. The molecule has 2 aromatic rings. The van der Waals surface area contributed by atoms with Crippen LogP contribution < -0.4 is 10.1 Å². The highest BCUT2D eigenvalue weighted by atomic mass is 16.5. The lowest BCUT2D eigenvalue weighted by molar-refractivity contribution is 0.340. The SMILES string of the molecule is CCOc1cccc(CNc2cccnc2C#N)c1. The second kappa shape index (κ2) is 6.41. The van der Waals surface area contributed by atoms with Crippen LogP contribution in [-0.2, 0) is 6.54 Å². The van der Waals surface area contributed by atoms with Crippen molar-refractivity contribution in [3.05, 3.63) is 53.9 Å². The lowest BCUT2D eigenvalue weighted by Crippen LogP contribution is -2.02. The molecule has 0 amide bonds. The van der Waals surface area contributed by atoms with Crippen LogP contribution in [0, 0.1) is 11.3 Å². The molecule has 0 saturated carbocycles. The van der Waals surface area contributed by atoms with E-state index in [0.29, 0.717) is 18.8 Å². The highest BCUT2D eigenvalue weighted by molar-refractivity contribution is 5.53. The molecule has 0 atom stereocenters. The van der Waals surface area contributed by atoms with Crippen LogP contribution in [0.15, 0.2) is 42.6 Å². The Bertz CT molecular complexity index is 590. The molecule has 2 rings (SSSR count). The van der Waals surface area contributed by atoms with Gasteiger partial charge in [-0.3, -0.25) is 0 Å². The van der Waals surface area contributed by atoms with Gasteiger partial charge in [-0.2, -0.15) is 5.26 Å². The summed E-state index contributed by atoms with van der Waals surface area (Å²) >= 11 is 0. The zero-order valence-corrected chi connectivity index (χ0v) is 10.8. The summed E-state index contributed by atoms with van der Waals surface area (Å²) in [6.45, 7) is 3.24. The molecule has 0 saturated heterocycles. The van der Waals surface area contributed by atoms with Gasteiger partial charge in [0.1, 0.15) is 11.8 Å². The number of nitriles is 1. The molecule has 0 bridgehead atoms. The maximum absolute atomic E-state index is 8.96. The average molecular weight is 253 g/mol. The first-order valence-electron chi connectivity index (χ1n) is 6.14. The number of ether oxygens (including phenoxy) is 1. The molecule has 1 aromatic carbocycles. The standard InChI is InChI=1S/C15H15N3O/c1-2-19-13-6-3-5-12(9-13)11-18-14-7-4-8-17-15(14)10-16/h3-9,18H,2,11H2,1H3. The highest BCUT2D eigenvalue weighted by Gasteiger charge is 2.02. The third-order valence-corrected chi connectivity index (χ3v) is 2.61. The van der Waals surface area contributed by atoms with Crippen LogP contribution in [0.2, 0.25) is 0 Å². The van der Waals surface area contributed by atoms with Crippen molar-refractivity contribution in [1.82, 2.24) is 4.98 Å². The van der Waals surface area contributed by atoms with E-state index in [1.54, 1.807) is 12.3 Å². The fourth-order valence-electron chi connectivity index (χ4n) is 1.75. The van der Waals surface area contributed by atoms with E-state index in [9.17, 15) is 0 Å². The number of nitrogens with one attached hydrogen (secondary N) is 1. The van der Waals surface area contributed by atoms with Crippen molar-refractivity contribution in [3.63, 3.8) is 0 Å². The molecule has 4 nitrogen and oxygen atoms in total. The van der Waals surface area contributed by atoms with Crippen molar-refractivity contribution in [1.29, 1.82) is 5.26 Å². The second-order valence-electron chi connectivity index (χ2n) is 3.95. The number of nitrogens with zero attached hydrogens (tertiary/aromatic N) is 2. The molecule has 0 aliphatic carbocycles. The predicted molar refractivity (Wildman–Crippen MR) is 73.9 cm³/mol. The smallest absolute Gasteiger partial charge is 0.163 e. The molecule has 0 radical (unpaired) electrons. The van der Waals surface area contributed by atoms with Gasteiger partial charge >= 0.3 is 0 Å².